The molecule has 1 aromatic rings. The van der Waals surface area contributed by atoms with E-state index >= 15 is 0 Å². The molecular formula is C82H146O11. The molecule has 0 aromatic heterocycles. The average Bonchev–Trinajstić information content (AvgIpc) is 1.59. The van der Waals surface area contributed by atoms with Crippen molar-refractivity contribution in [2.24, 2.45) is 52.3 Å². The summed E-state index contributed by atoms with van der Waals surface area (Å²) in [4.78, 5) is 0. The fourth-order valence-corrected chi connectivity index (χ4v) is 13.0. The van der Waals surface area contributed by atoms with Crippen molar-refractivity contribution in [3.8, 4) is 0 Å². The summed E-state index contributed by atoms with van der Waals surface area (Å²) < 4.78 is 5.97. The summed E-state index contributed by atoms with van der Waals surface area (Å²) in [5.74, 6) is 3.94. The van der Waals surface area contributed by atoms with Crippen LogP contribution in [0.15, 0.2) is 83.5 Å². The Hall–Kier alpha value is -2.52. The maximum Gasteiger partial charge on any atom is 0.101 e. The number of aryl methyl sites for hydroxylation is 1. The van der Waals surface area contributed by atoms with Gasteiger partial charge in [-0.15, -0.1) is 0 Å². The molecule has 1 aromatic carbocycles. The molecular weight excluding hydrogens is 1160 g/mol. The van der Waals surface area contributed by atoms with E-state index in [4.69, 9.17) is 4.74 Å². The molecule has 540 valence electrons. The Kier molecular flexibility index (Phi) is 32.6. The summed E-state index contributed by atoms with van der Waals surface area (Å²) in [5.41, 5.74) is 2.49. The van der Waals surface area contributed by atoms with Crippen LogP contribution < -0.4 is 0 Å². The lowest BCUT2D eigenvalue weighted by Crippen LogP contribution is -2.53. The van der Waals surface area contributed by atoms with E-state index in [1.54, 1.807) is 19.9 Å². The van der Waals surface area contributed by atoms with Crippen LogP contribution in [0.5, 0.6) is 0 Å². The van der Waals surface area contributed by atoms with E-state index < -0.39 is 51.4 Å². The molecule has 2 bridgehead atoms. The lowest BCUT2D eigenvalue weighted by molar-refractivity contribution is -0.160. The molecule has 3 fully saturated rings. The van der Waals surface area contributed by atoms with Crippen molar-refractivity contribution in [1.29, 1.82) is 0 Å². The van der Waals surface area contributed by atoms with Gasteiger partial charge in [0.15, 0.2) is 0 Å². The Bertz CT molecular complexity index is 2490. The van der Waals surface area contributed by atoms with Gasteiger partial charge in [-0.1, -0.05) is 200 Å². The first-order valence-electron chi connectivity index (χ1n) is 36.5. The molecule has 14 atom stereocenters. The topological polar surface area (TPSA) is 212 Å². The first-order chi connectivity index (χ1) is 42.2. The molecule has 2 heterocycles. The van der Waals surface area contributed by atoms with Gasteiger partial charge in [0, 0.05) is 12.8 Å². The van der Waals surface area contributed by atoms with Crippen LogP contribution in [-0.4, -0.2) is 120 Å². The SMILES string of the molecule is CC(C)C1=C[C@H](O)[C@@](C)(O)CC1.CC(C)[C@@]1(O)CC[C@@](C)(O)[C@H](O)C1.CC(C)[C@@]12CC[C@@](C)(O1)[C@H](O)C2.CC(C)[C@]1(C)C=C[C@](C)(O)CC1.CC(C)[C@]1(C)C=C[C@](C)(O)CC1.CC1=CCC(C(C)(C)O)CC1.CC1=CCC(O)(C(C)C)CC1.Cc1ccc(C(C)C)cc1. The molecule has 2 unspecified atom stereocenters. The van der Waals surface area contributed by atoms with Crippen LogP contribution >= 0.6 is 0 Å². The van der Waals surface area contributed by atoms with Crippen LogP contribution in [0.25, 0.3) is 0 Å². The van der Waals surface area contributed by atoms with Crippen LogP contribution in [0.3, 0.4) is 0 Å². The molecule has 10 N–H and O–H groups in total. The highest BCUT2D eigenvalue weighted by atomic mass is 16.6. The number of aliphatic hydroxyl groups excluding tert-OH is 3. The quantitative estimate of drug-likeness (QED) is 0.111. The van der Waals surface area contributed by atoms with Crippen molar-refractivity contribution in [3.05, 3.63) is 94.6 Å². The first kappa shape index (κ1) is 86.6. The van der Waals surface area contributed by atoms with Gasteiger partial charge in [0.2, 0.25) is 0 Å². The third-order valence-corrected chi connectivity index (χ3v) is 23.7. The number of benzene rings is 1. The number of allylic oxidation sites excluding steroid dienone is 6. The highest BCUT2D eigenvalue weighted by Crippen LogP contribution is 2.54. The number of ether oxygens (including phenoxy) is 1. The average molecular weight is 1310 g/mol. The zero-order chi connectivity index (χ0) is 72.0. The fourth-order valence-electron chi connectivity index (χ4n) is 13.0. The smallest absolute Gasteiger partial charge is 0.101 e. The van der Waals surface area contributed by atoms with Crippen LogP contribution in [-0.2, 0) is 4.74 Å². The van der Waals surface area contributed by atoms with Crippen molar-refractivity contribution in [2.75, 3.05) is 0 Å². The maximum absolute atomic E-state index is 10.1. The monoisotopic (exact) mass is 1310 g/mol. The Labute approximate surface area is 570 Å². The van der Waals surface area contributed by atoms with Crippen LogP contribution in [0.2, 0.25) is 0 Å². The summed E-state index contributed by atoms with van der Waals surface area (Å²) >= 11 is 0. The fraction of sp³-hybridized carbons (Fsp3) is 0.805. The number of fused-ring (bicyclic) bond motifs is 2. The second-order valence-corrected chi connectivity index (χ2v) is 34.8. The van der Waals surface area contributed by atoms with Crippen molar-refractivity contribution >= 4 is 0 Å². The summed E-state index contributed by atoms with van der Waals surface area (Å²) in [6, 6.07) is 8.71. The second-order valence-electron chi connectivity index (χ2n) is 34.8. The highest BCUT2D eigenvalue weighted by Gasteiger charge is 2.59. The van der Waals surface area contributed by atoms with Gasteiger partial charge < -0.3 is 55.8 Å². The van der Waals surface area contributed by atoms with Gasteiger partial charge >= 0.3 is 0 Å². The van der Waals surface area contributed by atoms with E-state index in [1.165, 1.54) is 27.8 Å². The Morgan fingerprint density at radius 2 is 0.968 bits per heavy atom. The van der Waals surface area contributed by atoms with E-state index in [2.05, 4.69) is 166 Å². The molecule has 11 heteroatoms. The van der Waals surface area contributed by atoms with Gasteiger partial charge in [-0.3, -0.25) is 0 Å². The van der Waals surface area contributed by atoms with Crippen molar-refractivity contribution in [1.82, 2.24) is 0 Å². The minimum atomic E-state index is -1.03. The molecule has 1 saturated carbocycles. The van der Waals surface area contributed by atoms with Crippen LogP contribution in [0, 0.1) is 59.2 Å². The highest BCUT2D eigenvalue weighted by molar-refractivity contribution is 5.23. The summed E-state index contributed by atoms with van der Waals surface area (Å²) in [6.07, 6.45) is 28.8. The predicted molar refractivity (Wildman–Crippen MR) is 390 cm³/mol. The van der Waals surface area contributed by atoms with Crippen molar-refractivity contribution < 1.29 is 55.8 Å². The number of rotatable bonds is 8. The van der Waals surface area contributed by atoms with Gasteiger partial charge in [0.25, 0.3) is 0 Å². The standard InChI is InChI=1S/2C11H20O.C10H20O3.2C10H18O2.2C10H18O.C10H14/c2*1-9(2)10(3)5-7-11(4,12)8-6-10;1-7(2)10(13)5-4-9(3,12)8(11)6-10;1-7(2)10-5-4-9(3,12-10)8(11)6-10;1-7(2)8-4-5-10(3,12)9(11)6-8;1-8-4-6-9(7-5-8)10(2,3)11;1-8(2)10(11)6-4-9(3)5-7-10;1-8(2)10-6-4-9(3)5-7-10/h2*5,7,9,12H,6,8H2,1-4H3;7-8,11-13H,4-6H2,1-3H3;7-8,11H,4-6H2,1-3H3;6-7,9,11-12H,4-5H2,1-3H3;4,9,11H,5-7H2,1-3H3;4,8,11H,5-7H2,1-3H3;4-8H,1-3H3/t2*10-,11+;8-,9-,10-;8-,9-,10+;9-,10-;;;/m11110.../s1. The molecule has 2 saturated heterocycles. The van der Waals surface area contributed by atoms with Crippen LogP contribution in [0.4, 0.5) is 0 Å². The predicted octanol–water partition coefficient (Wildman–Crippen LogP) is 17.5. The third kappa shape index (κ3) is 26.9. The van der Waals surface area contributed by atoms with Crippen molar-refractivity contribution in [3.63, 3.8) is 0 Å². The molecule has 2 aliphatic heterocycles. The molecule has 0 amide bonds. The Balaban J connectivity index is 0.000000362. The van der Waals surface area contributed by atoms with Gasteiger partial charge in [-0.05, 0) is 236 Å². The molecule has 93 heavy (non-hydrogen) atoms. The molecule has 6 aliphatic carbocycles. The lowest BCUT2D eigenvalue weighted by Gasteiger charge is -2.44. The summed E-state index contributed by atoms with van der Waals surface area (Å²) in [5, 5.41) is 97.5. The second kappa shape index (κ2) is 35.0. The van der Waals surface area contributed by atoms with Gasteiger partial charge in [-0.25, -0.2) is 0 Å². The normalized spacial score (nSPS) is 37.0. The van der Waals surface area contributed by atoms with E-state index in [1.807, 2.05) is 60.6 Å². The van der Waals surface area contributed by atoms with Gasteiger partial charge in [0.1, 0.15) is 6.10 Å². The lowest BCUT2D eigenvalue weighted by atomic mass is 9.69. The number of aliphatic hydroxyl groups is 10. The first-order valence-corrected chi connectivity index (χ1v) is 36.5. The van der Waals surface area contributed by atoms with E-state index in [9.17, 15) is 51.1 Å². The molecule has 8 aliphatic rings. The van der Waals surface area contributed by atoms with Crippen LogP contribution in [0.1, 0.15) is 306 Å². The maximum atomic E-state index is 10.1. The molecule has 11 nitrogen and oxygen atoms in total. The van der Waals surface area contributed by atoms with Gasteiger partial charge in [-0.2, -0.15) is 0 Å². The minimum absolute atomic E-state index is 0.00579. The molecule has 0 spiro atoms. The minimum Gasteiger partial charge on any atom is -0.390 e. The third-order valence-electron chi connectivity index (χ3n) is 23.7. The van der Waals surface area contributed by atoms with Crippen molar-refractivity contribution in [2.45, 2.75) is 370 Å². The Morgan fingerprint density at radius 1 is 0.473 bits per heavy atom. The zero-order valence-electron chi connectivity index (χ0n) is 64.3. The van der Waals surface area contributed by atoms with E-state index in [-0.39, 0.29) is 29.6 Å². The Morgan fingerprint density at radius 3 is 1.28 bits per heavy atom. The molecule has 9 rings (SSSR count). The summed E-state index contributed by atoms with van der Waals surface area (Å²) in [6.45, 7) is 53.9. The summed E-state index contributed by atoms with van der Waals surface area (Å²) in [7, 11) is 0. The van der Waals surface area contributed by atoms with Gasteiger partial charge in [0.05, 0.1) is 62.6 Å². The van der Waals surface area contributed by atoms with E-state index in [0.29, 0.717) is 71.5 Å². The number of hydrogen-bond acceptors (Lipinski definition) is 11. The zero-order valence-corrected chi connectivity index (χ0v) is 64.3. The van der Waals surface area contributed by atoms with E-state index in [0.717, 1.165) is 89.9 Å². The number of hydrogen-bond donors (Lipinski definition) is 10. The largest absolute Gasteiger partial charge is 0.390 e. The molecule has 0 radical (unpaired) electrons.